The van der Waals surface area contributed by atoms with Crippen LogP contribution < -0.4 is 0 Å². The molecule has 1 fully saturated rings. The SMILES string of the molecule is Cc1cc(C(=O)N2CCCC(c3nnc4ccccn34)C2)c(C)n1-c1ccc(F)cc1. The highest BCUT2D eigenvalue weighted by molar-refractivity contribution is 5.96. The minimum Gasteiger partial charge on any atom is -0.338 e. The summed E-state index contributed by atoms with van der Waals surface area (Å²) in [7, 11) is 0. The van der Waals surface area contributed by atoms with E-state index in [1.54, 1.807) is 12.1 Å². The fraction of sp³-hybridized carbons (Fsp3) is 0.292. The molecule has 3 aromatic heterocycles. The lowest BCUT2D eigenvalue weighted by Crippen LogP contribution is -2.39. The maximum Gasteiger partial charge on any atom is 0.255 e. The number of piperidine rings is 1. The number of pyridine rings is 1. The van der Waals surface area contributed by atoms with E-state index < -0.39 is 0 Å². The fourth-order valence-electron chi connectivity index (χ4n) is 4.65. The number of aryl methyl sites for hydroxylation is 1. The molecule has 31 heavy (non-hydrogen) atoms. The Hall–Kier alpha value is -3.48. The van der Waals surface area contributed by atoms with Crippen molar-refractivity contribution in [3.8, 4) is 5.69 Å². The molecule has 1 saturated heterocycles. The molecule has 5 rings (SSSR count). The van der Waals surface area contributed by atoms with E-state index in [0.717, 1.165) is 47.9 Å². The molecule has 0 saturated carbocycles. The van der Waals surface area contributed by atoms with E-state index in [9.17, 15) is 9.18 Å². The van der Waals surface area contributed by atoms with Gasteiger partial charge in [0, 0.05) is 42.3 Å². The average Bonchev–Trinajstić information content (AvgIpc) is 3.35. The van der Waals surface area contributed by atoms with Crippen LogP contribution in [-0.2, 0) is 0 Å². The first kappa shape index (κ1) is 19.5. The number of halogens is 1. The molecule has 0 N–H and O–H groups in total. The van der Waals surface area contributed by atoms with Gasteiger partial charge in [0.15, 0.2) is 5.65 Å². The normalized spacial score (nSPS) is 16.7. The predicted octanol–water partition coefficient (Wildman–Crippen LogP) is 4.30. The predicted molar refractivity (Wildman–Crippen MR) is 116 cm³/mol. The number of carbonyl (C=O) groups is 1. The molecular formula is C24H24FN5O. The van der Waals surface area contributed by atoms with Gasteiger partial charge in [0.2, 0.25) is 0 Å². The lowest BCUT2D eigenvalue weighted by Gasteiger charge is -2.32. The largest absolute Gasteiger partial charge is 0.338 e. The van der Waals surface area contributed by atoms with E-state index in [2.05, 4.69) is 10.2 Å². The summed E-state index contributed by atoms with van der Waals surface area (Å²) in [5.74, 6) is 0.809. The number of hydrogen-bond acceptors (Lipinski definition) is 3. The second kappa shape index (κ2) is 7.65. The van der Waals surface area contributed by atoms with Crippen LogP contribution in [0.15, 0.2) is 54.7 Å². The number of rotatable bonds is 3. The van der Waals surface area contributed by atoms with E-state index in [4.69, 9.17) is 0 Å². The molecule has 1 unspecified atom stereocenters. The number of benzene rings is 1. The Morgan fingerprint density at radius 2 is 1.90 bits per heavy atom. The summed E-state index contributed by atoms with van der Waals surface area (Å²) >= 11 is 0. The van der Waals surface area contributed by atoms with Crippen molar-refractivity contribution in [2.75, 3.05) is 13.1 Å². The first-order valence-corrected chi connectivity index (χ1v) is 10.6. The van der Waals surface area contributed by atoms with Gasteiger partial charge in [-0.2, -0.15) is 0 Å². The minimum absolute atomic E-state index is 0.0278. The van der Waals surface area contributed by atoms with Gasteiger partial charge in [0.05, 0.1) is 5.56 Å². The van der Waals surface area contributed by atoms with Gasteiger partial charge in [-0.1, -0.05) is 6.07 Å². The van der Waals surface area contributed by atoms with Crippen molar-refractivity contribution in [3.63, 3.8) is 0 Å². The molecule has 0 bridgehead atoms. The lowest BCUT2D eigenvalue weighted by atomic mass is 9.96. The van der Waals surface area contributed by atoms with Gasteiger partial charge in [-0.05, 0) is 69.2 Å². The summed E-state index contributed by atoms with van der Waals surface area (Å²) in [6.07, 6.45) is 3.88. The third-order valence-electron chi connectivity index (χ3n) is 6.16. The van der Waals surface area contributed by atoms with Crippen LogP contribution >= 0.6 is 0 Å². The number of nitrogens with zero attached hydrogens (tertiary/aromatic N) is 5. The zero-order valence-corrected chi connectivity index (χ0v) is 17.6. The van der Waals surface area contributed by atoms with E-state index in [1.165, 1.54) is 12.1 Å². The number of carbonyl (C=O) groups excluding carboxylic acids is 1. The zero-order valence-electron chi connectivity index (χ0n) is 17.6. The standard InChI is InChI=1S/C24H24FN5O/c1-16-14-21(17(2)30(16)20-10-8-19(25)9-11-20)24(31)28-12-5-6-18(15-28)23-27-26-22-7-3-4-13-29(22)23/h3-4,7-11,13-14,18H,5-6,12,15H2,1-2H3. The Balaban J connectivity index is 1.42. The monoisotopic (exact) mass is 417 g/mol. The second-order valence-corrected chi connectivity index (χ2v) is 8.17. The third kappa shape index (κ3) is 3.40. The summed E-state index contributed by atoms with van der Waals surface area (Å²) in [6, 6.07) is 14.1. The van der Waals surface area contributed by atoms with Crippen LogP contribution in [0.3, 0.4) is 0 Å². The highest BCUT2D eigenvalue weighted by atomic mass is 19.1. The summed E-state index contributed by atoms with van der Waals surface area (Å²) < 4.78 is 17.4. The van der Waals surface area contributed by atoms with E-state index in [-0.39, 0.29) is 17.6 Å². The van der Waals surface area contributed by atoms with Crippen molar-refractivity contribution < 1.29 is 9.18 Å². The van der Waals surface area contributed by atoms with Crippen molar-refractivity contribution in [1.82, 2.24) is 24.1 Å². The van der Waals surface area contributed by atoms with Crippen LogP contribution in [0, 0.1) is 19.7 Å². The maximum atomic E-state index is 13.5. The average molecular weight is 417 g/mol. The van der Waals surface area contributed by atoms with Crippen molar-refractivity contribution in [1.29, 1.82) is 0 Å². The van der Waals surface area contributed by atoms with Crippen molar-refractivity contribution >= 4 is 11.6 Å². The fourth-order valence-corrected chi connectivity index (χ4v) is 4.65. The van der Waals surface area contributed by atoms with Gasteiger partial charge in [-0.25, -0.2) is 4.39 Å². The maximum absolute atomic E-state index is 13.5. The van der Waals surface area contributed by atoms with Crippen molar-refractivity contribution in [2.24, 2.45) is 0 Å². The molecule has 1 aliphatic rings. The van der Waals surface area contributed by atoms with E-state index in [0.29, 0.717) is 12.1 Å². The second-order valence-electron chi connectivity index (χ2n) is 8.17. The Kier molecular flexibility index (Phi) is 4.81. The number of aromatic nitrogens is 4. The van der Waals surface area contributed by atoms with Crippen LogP contribution in [0.1, 0.15) is 46.3 Å². The molecule has 158 valence electrons. The Labute approximate surface area is 179 Å². The smallest absolute Gasteiger partial charge is 0.255 e. The molecule has 0 aliphatic carbocycles. The van der Waals surface area contributed by atoms with Gasteiger partial charge >= 0.3 is 0 Å². The Bertz CT molecular complexity index is 1260. The molecule has 4 heterocycles. The summed E-state index contributed by atoms with van der Waals surface area (Å²) in [5, 5.41) is 8.68. The zero-order chi connectivity index (χ0) is 21.5. The molecule has 1 amide bonds. The van der Waals surface area contributed by atoms with Crippen molar-refractivity contribution in [3.05, 3.63) is 83.3 Å². The first-order valence-electron chi connectivity index (χ1n) is 10.6. The summed E-state index contributed by atoms with van der Waals surface area (Å²) in [5.41, 5.74) is 4.17. The molecule has 1 atom stereocenters. The highest BCUT2D eigenvalue weighted by Crippen LogP contribution is 2.29. The van der Waals surface area contributed by atoms with Gasteiger partial charge in [0.25, 0.3) is 5.91 Å². The molecule has 1 aromatic carbocycles. The van der Waals surface area contributed by atoms with Crippen molar-refractivity contribution in [2.45, 2.75) is 32.6 Å². The summed E-state index contributed by atoms with van der Waals surface area (Å²) in [6.45, 7) is 5.26. The van der Waals surface area contributed by atoms with Crippen LogP contribution in [0.5, 0.6) is 0 Å². The van der Waals surface area contributed by atoms with Crippen LogP contribution in [-0.4, -0.2) is 43.1 Å². The highest BCUT2D eigenvalue weighted by Gasteiger charge is 2.30. The quantitative estimate of drug-likeness (QED) is 0.500. The Morgan fingerprint density at radius 1 is 1.10 bits per heavy atom. The third-order valence-corrected chi connectivity index (χ3v) is 6.16. The number of amides is 1. The molecule has 0 radical (unpaired) electrons. The lowest BCUT2D eigenvalue weighted by molar-refractivity contribution is 0.0703. The summed E-state index contributed by atoms with van der Waals surface area (Å²) in [4.78, 5) is 15.4. The van der Waals surface area contributed by atoms with Gasteiger partial charge < -0.3 is 9.47 Å². The van der Waals surface area contributed by atoms with Gasteiger partial charge in [-0.15, -0.1) is 10.2 Å². The number of likely N-dealkylation sites (tertiary alicyclic amines) is 1. The molecule has 6 nitrogen and oxygen atoms in total. The van der Waals surface area contributed by atoms with E-state index in [1.807, 2.05) is 58.2 Å². The van der Waals surface area contributed by atoms with Crippen LogP contribution in [0.2, 0.25) is 0 Å². The number of hydrogen-bond donors (Lipinski definition) is 0. The molecule has 1 aliphatic heterocycles. The van der Waals surface area contributed by atoms with Crippen LogP contribution in [0.25, 0.3) is 11.3 Å². The molecule has 0 spiro atoms. The molecular weight excluding hydrogens is 393 g/mol. The van der Waals surface area contributed by atoms with Gasteiger partial charge in [0.1, 0.15) is 11.6 Å². The molecule has 4 aromatic rings. The molecule has 7 heteroatoms. The van der Waals surface area contributed by atoms with Gasteiger partial charge in [-0.3, -0.25) is 9.20 Å². The van der Waals surface area contributed by atoms with E-state index >= 15 is 0 Å². The Morgan fingerprint density at radius 3 is 2.71 bits per heavy atom. The van der Waals surface area contributed by atoms with Crippen LogP contribution in [0.4, 0.5) is 4.39 Å². The number of fused-ring (bicyclic) bond motifs is 1. The topological polar surface area (TPSA) is 55.4 Å². The first-order chi connectivity index (χ1) is 15.0. The minimum atomic E-state index is -0.275.